The maximum absolute atomic E-state index is 5.53. The molecule has 0 saturated heterocycles. The molecule has 0 spiro atoms. The fourth-order valence-electron chi connectivity index (χ4n) is 1.85. The number of rotatable bonds is 6. The molecule has 1 aromatic heterocycles. The van der Waals surface area contributed by atoms with Gasteiger partial charge in [0.1, 0.15) is 17.5 Å². The zero-order valence-electron chi connectivity index (χ0n) is 12.1. The van der Waals surface area contributed by atoms with E-state index in [2.05, 4.69) is 48.1 Å². The van der Waals surface area contributed by atoms with Crippen LogP contribution in [0.3, 0.4) is 0 Å². The van der Waals surface area contributed by atoms with Gasteiger partial charge in [0.25, 0.3) is 0 Å². The Bertz CT molecular complexity index is 391. The number of nitrogens with two attached hydrogens (primary N) is 1. The fourth-order valence-corrected chi connectivity index (χ4v) is 1.85. The number of aryl methyl sites for hydroxylation is 1. The highest BCUT2D eigenvalue weighted by atomic mass is 15.3. The second kappa shape index (κ2) is 6.54. The molecule has 1 heterocycles. The Labute approximate surface area is 110 Å². The van der Waals surface area contributed by atoms with Crippen molar-refractivity contribution < 1.29 is 0 Å². The molecule has 1 atom stereocenters. The molecule has 5 heteroatoms. The zero-order chi connectivity index (χ0) is 13.7. The molecule has 0 bridgehead atoms. The minimum atomic E-state index is 0.443. The first-order chi connectivity index (χ1) is 8.54. The molecule has 0 fully saturated rings. The van der Waals surface area contributed by atoms with Gasteiger partial charge in [0.15, 0.2) is 0 Å². The lowest BCUT2D eigenvalue weighted by molar-refractivity contribution is 0.651. The van der Waals surface area contributed by atoms with Crippen molar-refractivity contribution in [3.05, 3.63) is 11.4 Å². The lowest BCUT2D eigenvalue weighted by atomic mass is 10.2. The Morgan fingerprint density at radius 1 is 1.33 bits per heavy atom. The molecule has 1 rings (SSSR count). The minimum absolute atomic E-state index is 0.443. The third kappa shape index (κ3) is 3.10. The third-order valence-electron chi connectivity index (χ3n) is 3.36. The van der Waals surface area contributed by atoms with Gasteiger partial charge in [-0.05, 0) is 26.7 Å². The standard InChI is InChI=1S/C13H25N5/c1-6-8-11-15-12(17-14)10(4)13(16-11)18(5)9(3)7-2/h9H,6-8,14H2,1-5H3,(H,15,16,17). The van der Waals surface area contributed by atoms with Gasteiger partial charge in [-0.15, -0.1) is 0 Å². The van der Waals surface area contributed by atoms with Crippen LogP contribution in [0.5, 0.6) is 0 Å². The first-order valence-corrected chi connectivity index (χ1v) is 6.62. The van der Waals surface area contributed by atoms with Crippen LogP contribution in [0, 0.1) is 6.92 Å². The second-order valence-corrected chi connectivity index (χ2v) is 4.70. The maximum Gasteiger partial charge on any atom is 0.148 e. The van der Waals surface area contributed by atoms with E-state index < -0.39 is 0 Å². The molecule has 0 amide bonds. The number of aromatic nitrogens is 2. The highest BCUT2D eigenvalue weighted by Crippen LogP contribution is 2.24. The summed E-state index contributed by atoms with van der Waals surface area (Å²) in [4.78, 5) is 11.3. The lowest BCUT2D eigenvalue weighted by Gasteiger charge is -2.27. The summed E-state index contributed by atoms with van der Waals surface area (Å²) in [5.74, 6) is 8.07. The van der Waals surface area contributed by atoms with Crippen molar-refractivity contribution in [2.45, 2.75) is 53.0 Å². The largest absolute Gasteiger partial charge is 0.357 e. The van der Waals surface area contributed by atoms with Crippen LogP contribution >= 0.6 is 0 Å². The zero-order valence-corrected chi connectivity index (χ0v) is 12.1. The summed E-state index contributed by atoms with van der Waals surface area (Å²) in [6, 6.07) is 0.443. The van der Waals surface area contributed by atoms with Gasteiger partial charge in [-0.3, -0.25) is 0 Å². The number of anilines is 2. The summed E-state index contributed by atoms with van der Waals surface area (Å²) >= 11 is 0. The lowest BCUT2D eigenvalue weighted by Crippen LogP contribution is -2.30. The van der Waals surface area contributed by atoms with E-state index in [9.17, 15) is 0 Å². The van der Waals surface area contributed by atoms with Crippen molar-refractivity contribution in [3.63, 3.8) is 0 Å². The molecule has 102 valence electrons. The van der Waals surface area contributed by atoms with E-state index in [1.54, 1.807) is 0 Å². The van der Waals surface area contributed by atoms with Gasteiger partial charge in [-0.1, -0.05) is 13.8 Å². The SMILES string of the molecule is CCCc1nc(NN)c(C)c(N(C)C(C)CC)n1. The van der Waals surface area contributed by atoms with Crippen molar-refractivity contribution in [1.29, 1.82) is 0 Å². The van der Waals surface area contributed by atoms with Gasteiger partial charge in [-0.25, -0.2) is 15.8 Å². The molecule has 1 aromatic rings. The fraction of sp³-hybridized carbons (Fsp3) is 0.692. The summed E-state index contributed by atoms with van der Waals surface area (Å²) in [6.45, 7) is 8.49. The van der Waals surface area contributed by atoms with E-state index in [1.807, 2.05) is 6.92 Å². The van der Waals surface area contributed by atoms with Gasteiger partial charge >= 0.3 is 0 Å². The van der Waals surface area contributed by atoms with E-state index >= 15 is 0 Å². The molecule has 0 aliphatic carbocycles. The molecule has 0 saturated carbocycles. The number of nitrogen functional groups attached to an aromatic ring is 1. The number of nitrogens with zero attached hydrogens (tertiary/aromatic N) is 3. The molecule has 5 nitrogen and oxygen atoms in total. The van der Waals surface area contributed by atoms with E-state index in [0.717, 1.165) is 42.3 Å². The van der Waals surface area contributed by atoms with Gasteiger partial charge in [0, 0.05) is 25.1 Å². The molecule has 1 unspecified atom stereocenters. The molecule has 3 N–H and O–H groups in total. The molecule has 18 heavy (non-hydrogen) atoms. The van der Waals surface area contributed by atoms with Crippen molar-refractivity contribution >= 4 is 11.6 Å². The number of hydrogen-bond donors (Lipinski definition) is 2. The Balaban J connectivity index is 3.19. The molecular formula is C13H25N5. The van der Waals surface area contributed by atoms with Crippen molar-refractivity contribution in [2.75, 3.05) is 17.4 Å². The average molecular weight is 251 g/mol. The van der Waals surface area contributed by atoms with E-state index in [1.165, 1.54) is 0 Å². The molecule has 0 radical (unpaired) electrons. The summed E-state index contributed by atoms with van der Waals surface area (Å²) < 4.78 is 0. The van der Waals surface area contributed by atoms with Crippen LogP contribution in [0.2, 0.25) is 0 Å². The third-order valence-corrected chi connectivity index (χ3v) is 3.36. The first-order valence-electron chi connectivity index (χ1n) is 6.62. The first kappa shape index (κ1) is 14.7. The number of nitrogens with one attached hydrogen (secondary N) is 1. The average Bonchev–Trinajstić information content (AvgIpc) is 2.39. The summed E-state index contributed by atoms with van der Waals surface area (Å²) in [7, 11) is 2.07. The van der Waals surface area contributed by atoms with Crippen LogP contribution < -0.4 is 16.2 Å². The predicted octanol–water partition coefficient (Wildman–Crippen LogP) is 2.26. The topological polar surface area (TPSA) is 67.1 Å². The van der Waals surface area contributed by atoms with Crippen LogP contribution in [-0.2, 0) is 6.42 Å². The Morgan fingerprint density at radius 3 is 2.50 bits per heavy atom. The molecule has 0 aromatic carbocycles. The van der Waals surface area contributed by atoms with Crippen molar-refractivity contribution in [1.82, 2.24) is 9.97 Å². The second-order valence-electron chi connectivity index (χ2n) is 4.70. The highest BCUT2D eigenvalue weighted by molar-refractivity contribution is 5.58. The summed E-state index contributed by atoms with van der Waals surface area (Å²) in [5, 5.41) is 0. The van der Waals surface area contributed by atoms with E-state index in [-0.39, 0.29) is 0 Å². The van der Waals surface area contributed by atoms with E-state index in [4.69, 9.17) is 5.84 Å². The quantitative estimate of drug-likeness (QED) is 0.599. The molecular weight excluding hydrogens is 226 g/mol. The number of hydrazine groups is 1. The van der Waals surface area contributed by atoms with Gasteiger partial charge < -0.3 is 10.3 Å². The molecule has 0 aliphatic rings. The normalized spacial score (nSPS) is 12.3. The smallest absolute Gasteiger partial charge is 0.148 e. The highest BCUT2D eigenvalue weighted by Gasteiger charge is 2.16. The van der Waals surface area contributed by atoms with Gasteiger partial charge in [-0.2, -0.15) is 0 Å². The monoisotopic (exact) mass is 251 g/mol. The minimum Gasteiger partial charge on any atom is -0.357 e. The predicted molar refractivity (Wildman–Crippen MR) is 76.7 cm³/mol. The van der Waals surface area contributed by atoms with E-state index in [0.29, 0.717) is 6.04 Å². The summed E-state index contributed by atoms with van der Waals surface area (Å²) in [6.07, 6.45) is 2.98. The van der Waals surface area contributed by atoms with Crippen LogP contribution in [0.15, 0.2) is 0 Å². The van der Waals surface area contributed by atoms with Crippen LogP contribution in [-0.4, -0.2) is 23.1 Å². The molecule has 0 aliphatic heterocycles. The van der Waals surface area contributed by atoms with Crippen molar-refractivity contribution in [3.8, 4) is 0 Å². The maximum atomic E-state index is 5.53. The number of hydrogen-bond acceptors (Lipinski definition) is 5. The summed E-state index contributed by atoms with van der Waals surface area (Å²) in [5.41, 5.74) is 3.67. The van der Waals surface area contributed by atoms with Crippen LogP contribution in [0.1, 0.15) is 45.0 Å². The van der Waals surface area contributed by atoms with Gasteiger partial charge in [0.2, 0.25) is 0 Å². The van der Waals surface area contributed by atoms with Crippen molar-refractivity contribution in [2.24, 2.45) is 5.84 Å². The van der Waals surface area contributed by atoms with Gasteiger partial charge in [0.05, 0.1) is 0 Å². The van der Waals surface area contributed by atoms with Crippen LogP contribution in [0.4, 0.5) is 11.6 Å². The Kier molecular flexibility index (Phi) is 5.34. The Hall–Kier alpha value is -1.36. The Morgan fingerprint density at radius 2 is 2.00 bits per heavy atom. The van der Waals surface area contributed by atoms with Crippen LogP contribution in [0.25, 0.3) is 0 Å².